The molecule has 0 saturated heterocycles. The molecule has 0 radical (unpaired) electrons. The van der Waals surface area contributed by atoms with Crippen LogP contribution in [0.3, 0.4) is 0 Å². The maximum Gasteiger partial charge on any atom is 0.355 e. The molecule has 1 fully saturated rings. The first-order valence-corrected chi connectivity index (χ1v) is 8.92. The van der Waals surface area contributed by atoms with E-state index in [4.69, 9.17) is 5.11 Å². The molecule has 0 aromatic carbocycles. The van der Waals surface area contributed by atoms with Crippen molar-refractivity contribution in [2.45, 2.75) is 44.6 Å². The summed E-state index contributed by atoms with van der Waals surface area (Å²) in [6.45, 7) is 0.218. The number of amides is 1. The quantitative estimate of drug-likeness (QED) is 0.865. The highest BCUT2D eigenvalue weighted by Gasteiger charge is 2.25. The summed E-state index contributed by atoms with van der Waals surface area (Å²) in [4.78, 5) is 27.4. The predicted octanol–water partition coefficient (Wildman–Crippen LogP) is 2.55. The lowest BCUT2D eigenvalue weighted by Crippen LogP contribution is -2.24. The number of aromatic nitrogens is 3. The Bertz CT molecular complexity index is 746. The second-order valence-electron chi connectivity index (χ2n) is 6.05. The normalized spacial score (nSPS) is 15.4. The number of carboxylic acids is 1. The minimum atomic E-state index is -1.06. The molecule has 128 valence electrons. The maximum absolute atomic E-state index is 12.5. The third kappa shape index (κ3) is 3.64. The molecule has 2 aromatic rings. The number of aromatic carboxylic acids is 1. The van der Waals surface area contributed by atoms with E-state index in [2.05, 4.69) is 15.4 Å². The van der Waals surface area contributed by atoms with Crippen molar-refractivity contribution < 1.29 is 14.7 Å². The van der Waals surface area contributed by atoms with Gasteiger partial charge in [0, 0.05) is 24.5 Å². The summed E-state index contributed by atoms with van der Waals surface area (Å²) in [6.07, 6.45) is 7.51. The van der Waals surface area contributed by atoms with Gasteiger partial charge >= 0.3 is 5.97 Å². The number of nitrogens with one attached hydrogen (secondary N) is 1. The van der Waals surface area contributed by atoms with Crippen molar-refractivity contribution in [1.29, 1.82) is 0 Å². The number of hydrogen-bond donors (Lipinski definition) is 2. The minimum absolute atomic E-state index is 0.00789. The minimum Gasteiger partial charge on any atom is -0.476 e. The van der Waals surface area contributed by atoms with Crippen molar-refractivity contribution in [2.75, 3.05) is 0 Å². The predicted molar refractivity (Wildman–Crippen MR) is 89.3 cm³/mol. The van der Waals surface area contributed by atoms with Gasteiger partial charge in [0.2, 0.25) is 0 Å². The molecule has 0 spiro atoms. The molecule has 1 aliphatic rings. The third-order valence-corrected chi connectivity index (χ3v) is 5.11. The summed E-state index contributed by atoms with van der Waals surface area (Å²) in [7, 11) is 1.82. The van der Waals surface area contributed by atoms with Gasteiger partial charge in [0.15, 0.2) is 5.69 Å². The Morgan fingerprint density at radius 2 is 2.12 bits per heavy atom. The molecule has 7 nitrogen and oxygen atoms in total. The smallest absolute Gasteiger partial charge is 0.355 e. The number of aryl methyl sites for hydroxylation is 1. The number of carbonyl (C=O) groups excluding carboxylic acids is 1. The number of hydrogen-bond acceptors (Lipinski definition) is 5. The zero-order chi connectivity index (χ0) is 17.1. The summed E-state index contributed by atoms with van der Waals surface area (Å²) in [6, 6.07) is 0. The largest absolute Gasteiger partial charge is 0.476 e. The van der Waals surface area contributed by atoms with Crippen molar-refractivity contribution in [3.8, 4) is 0 Å². The van der Waals surface area contributed by atoms with E-state index in [0.717, 1.165) is 18.5 Å². The molecule has 2 aromatic heterocycles. The number of carboxylic acid groups (broad SMARTS) is 1. The van der Waals surface area contributed by atoms with E-state index >= 15 is 0 Å². The average molecular weight is 348 g/mol. The highest BCUT2D eigenvalue weighted by Crippen LogP contribution is 2.33. The van der Waals surface area contributed by atoms with Crippen LogP contribution in [0.5, 0.6) is 0 Å². The van der Waals surface area contributed by atoms with Crippen LogP contribution in [-0.4, -0.2) is 31.7 Å². The van der Waals surface area contributed by atoms with E-state index < -0.39 is 5.97 Å². The summed E-state index contributed by atoms with van der Waals surface area (Å²) in [5, 5.41) is 18.3. The highest BCUT2D eigenvalue weighted by molar-refractivity contribution is 7.09. The Labute approximate surface area is 143 Å². The molecule has 24 heavy (non-hydrogen) atoms. The second-order valence-corrected chi connectivity index (χ2v) is 6.99. The molecule has 2 heterocycles. The van der Waals surface area contributed by atoms with E-state index in [0.29, 0.717) is 16.5 Å². The Morgan fingerprint density at radius 3 is 2.79 bits per heavy atom. The third-order valence-electron chi connectivity index (χ3n) is 4.26. The summed E-state index contributed by atoms with van der Waals surface area (Å²) >= 11 is 1.23. The molecule has 1 saturated carbocycles. The molecular formula is C16H20N4O3S. The maximum atomic E-state index is 12.5. The zero-order valence-electron chi connectivity index (χ0n) is 13.5. The van der Waals surface area contributed by atoms with E-state index in [-0.39, 0.29) is 18.1 Å². The van der Waals surface area contributed by atoms with E-state index in [1.54, 1.807) is 10.9 Å². The molecule has 8 heteroatoms. The van der Waals surface area contributed by atoms with Crippen molar-refractivity contribution in [3.63, 3.8) is 0 Å². The lowest BCUT2D eigenvalue weighted by atomic mass is 9.85. The van der Waals surface area contributed by atoms with Crippen molar-refractivity contribution in [3.05, 3.63) is 33.5 Å². The van der Waals surface area contributed by atoms with E-state index in [9.17, 15) is 9.59 Å². The van der Waals surface area contributed by atoms with Crippen LogP contribution in [0.4, 0.5) is 0 Å². The Hall–Kier alpha value is -2.22. The fourth-order valence-electron chi connectivity index (χ4n) is 3.10. The molecule has 0 bridgehead atoms. The molecule has 3 rings (SSSR count). The van der Waals surface area contributed by atoms with Crippen molar-refractivity contribution in [2.24, 2.45) is 7.05 Å². The number of nitrogens with zero attached hydrogens (tertiary/aromatic N) is 3. The Balaban J connectivity index is 1.69. The first kappa shape index (κ1) is 16.6. The second kappa shape index (κ2) is 7.12. The van der Waals surface area contributed by atoms with Gasteiger partial charge in [0.05, 0.1) is 17.8 Å². The van der Waals surface area contributed by atoms with E-state index in [1.165, 1.54) is 36.0 Å². The van der Waals surface area contributed by atoms with Crippen LogP contribution in [0, 0.1) is 0 Å². The molecule has 0 unspecified atom stereocenters. The van der Waals surface area contributed by atoms with Crippen LogP contribution in [0.2, 0.25) is 0 Å². The summed E-state index contributed by atoms with van der Waals surface area (Å²) in [5.74, 6) is -0.898. The fourth-order valence-corrected chi connectivity index (χ4v) is 3.81. The first-order valence-electron chi connectivity index (χ1n) is 8.04. The average Bonchev–Trinajstić information content (AvgIpc) is 3.20. The molecule has 0 atom stereocenters. The number of carbonyl (C=O) groups is 2. The van der Waals surface area contributed by atoms with Crippen LogP contribution in [0.1, 0.15) is 69.6 Å². The van der Waals surface area contributed by atoms with E-state index in [1.807, 2.05) is 7.05 Å². The number of thiazole rings is 1. The van der Waals surface area contributed by atoms with Gasteiger partial charge in [-0.1, -0.05) is 19.3 Å². The zero-order valence-corrected chi connectivity index (χ0v) is 14.3. The molecule has 2 N–H and O–H groups in total. The van der Waals surface area contributed by atoms with Gasteiger partial charge in [-0.3, -0.25) is 9.48 Å². The van der Waals surface area contributed by atoms with Crippen LogP contribution in [0.15, 0.2) is 11.6 Å². The Kier molecular flexibility index (Phi) is 4.94. The van der Waals surface area contributed by atoms with Gasteiger partial charge in [-0.15, -0.1) is 11.3 Å². The first-order chi connectivity index (χ1) is 11.5. The molecular weight excluding hydrogens is 328 g/mol. The topological polar surface area (TPSA) is 97.1 Å². The monoisotopic (exact) mass is 348 g/mol. The summed E-state index contributed by atoms with van der Waals surface area (Å²) in [5.41, 5.74) is 1.49. The van der Waals surface area contributed by atoms with Gasteiger partial charge in [-0.25, -0.2) is 9.78 Å². The van der Waals surface area contributed by atoms with Crippen LogP contribution < -0.4 is 5.32 Å². The van der Waals surface area contributed by atoms with Crippen LogP contribution >= 0.6 is 11.3 Å². The van der Waals surface area contributed by atoms with Gasteiger partial charge < -0.3 is 10.4 Å². The molecule has 1 aliphatic carbocycles. The van der Waals surface area contributed by atoms with Crippen molar-refractivity contribution >= 4 is 23.2 Å². The SMILES string of the molecule is Cn1cc(C(=O)NCc2nc(C(=O)O)cs2)c(C2CCCCC2)n1. The standard InChI is InChI=1S/C16H20N4O3S/c1-20-8-11(14(19-20)10-5-3-2-4-6-10)15(21)17-7-13-18-12(9-24-13)16(22)23/h8-10H,2-7H2,1H3,(H,17,21)(H,22,23). The van der Waals surface area contributed by atoms with Crippen LogP contribution in [-0.2, 0) is 13.6 Å². The van der Waals surface area contributed by atoms with Gasteiger partial charge in [0.25, 0.3) is 5.91 Å². The number of rotatable bonds is 5. The lowest BCUT2D eigenvalue weighted by Gasteiger charge is -2.20. The van der Waals surface area contributed by atoms with Gasteiger partial charge in [-0.2, -0.15) is 5.10 Å². The molecule has 0 aliphatic heterocycles. The van der Waals surface area contributed by atoms with Crippen molar-refractivity contribution in [1.82, 2.24) is 20.1 Å². The van der Waals surface area contributed by atoms with Gasteiger partial charge in [-0.05, 0) is 12.8 Å². The molecule has 1 amide bonds. The van der Waals surface area contributed by atoms with Crippen LogP contribution in [0.25, 0.3) is 0 Å². The fraction of sp³-hybridized carbons (Fsp3) is 0.500. The highest BCUT2D eigenvalue weighted by atomic mass is 32.1. The summed E-state index contributed by atoms with van der Waals surface area (Å²) < 4.78 is 1.69. The lowest BCUT2D eigenvalue weighted by molar-refractivity contribution is 0.0691. The Morgan fingerprint density at radius 1 is 1.38 bits per heavy atom. The van der Waals surface area contributed by atoms with Gasteiger partial charge in [0.1, 0.15) is 5.01 Å².